The van der Waals surface area contributed by atoms with Crippen molar-refractivity contribution in [2.24, 2.45) is 7.05 Å². The summed E-state index contributed by atoms with van der Waals surface area (Å²) in [6.45, 7) is 1.67. The molecule has 1 heterocycles. The molecule has 0 aliphatic heterocycles. The molecule has 0 radical (unpaired) electrons. The Balaban J connectivity index is 2.85. The van der Waals surface area contributed by atoms with Crippen molar-refractivity contribution < 1.29 is 14.8 Å². The molecule has 1 rings (SSSR count). The number of hydrogen-bond donors (Lipinski definition) is 2. The third kappa shape index (κ3) is 3.04. The van der Waals surface area contributed by atoms with Crippen LogP contribution >= 0.6 is 0 Å². The second kappa shape index (κ2) is 5.44. The lowest BCUT2D eigenvalue weighted by Crippen LogP contribution is -2.37. The van der Waals surface area contributed by atoms with Crippen LogP contribution in [0.15, 0.2) is 12.3 Å². The minimum Gasteiger partial charge on any atom is -0.394 e. The van der Waals surface area contributed by atoms with Gasteiger partial charge in [-0.1, -0.05) is 6.92 Å². The third-order valence-electron chi connectivity index (χ3n) is 2.48. The zero-order valence-electron chi connectivity index (χ0n) is 9.71. The molecule has 0 aliphatic carbocycles. The van der Waals surface area contributed by atoms with Gasteiger partial charge >= 0.3 is 0 Å². The Labute approximate surface area is 98.2 Å². The molecule has 0 spiro atoms. The molecular formula is C10H15N3O4. The molecule has 0 saturated heterocycles. The van der Waals surface area contributed by atoms with Crippen molar-refractivity contribution in [1.29, 1.82) is 0 Å². The van der Waals surface area contributed by atoms with E-state index in [1.807, 2.05) is 6.92 Å². The van der Waals surface area contributed by atoms with Gasteiger partial charge in [-0.05, 0) is 6.42 Å². The Morgan fingerprint density at radius 2 is 2.35 bits per heavy atom. The smallest absolute Gasteiger partial charge is 0.287 e. The van der Waals surface area contributed by atoms with Crippen LogP contribution in [0, 0.1) is 10.1 Å². The van der Waals surface area contributed by atoms with Gasteiger partial charge in [0, 0.05) is 13.1 Å². The summed E-state index contributed by atoms with van der Waals surface area (Å²) >= 11 is 0. The number of rotatable bonds is 5. The second-order valence-corrected chi connectivity index (χ2v) is 3.71. The maximum atomic E-state index is 11.8. The van der Waals surface area contributed by atoms with Crippen LogP contribution in [0.3, 0.4) is 0 Å². The van der Waals surface area contributed by atoms with E-state index in [1.54, 1.807) is 7.05 Å². The second-order valence-electron chi connectivity index (χ2n) is 3.71. The summed E-state index contributed by atoms with van der Waals surface area (Å²) in [7, 11) is 1.56. The predicted molar refractivity (Wildman–Crippen MR) is 60.7 cm³/mol. The number of carbonyl (C=O) groups excluding carboxylic acids is 1. The molecule has 0 aromatic carbocycles. The van der Waals surface area contributed by atoms with Crippen molar-refractivity contribution in [3.8, 4) is 0 Å². The van der Waals surface area contributed by atoms with Crippen LogP contribution in [0.2, 0.25) is 0 Å². The molecule has 1 aromatic rings. The third-order valence-corrected chi connectivity index (χ3v) is 2.48. The van der Waals surface area contributed by atoms with Gasteiger partial charge in [-0.3, -0.25) is 14.9 Å². The first kappa shape index (κ1) is 13.2. The zero-order valence-corrected chi connectivity index (χ0v) is 9.71. The molecule has 7 nitrogen and oxygen atoms in total. The summed E-state index contributed by atoms with van der Waals surface area (Å²) in [6.07, 6.45) is 1.86. The van der Waals surface area contributed by atoms with Gasteiger partial charge in [0.2, 0.25) is 0 Å². The number of amides is 1. The van der Waals surface area contributed by atoms with Crippen molar-refractivity contribution in [2.75, 3.05) is 6.61 Å². The highest BCUT2D eigenvalue weighted by Gasteiger charge is 2.19. The van der Waals surface area contributed by atoms with E-state index in [-0.39, 0.29) is 24.0 Å². The molecule has 0 aliphatic rings. The van der Waals surface area contributed by atoms with Crippen LogP contribution in [0.1, 0.15) is 23.8 Å². The molecule has 2 N–H and O–H groups in total. The lowest BCUT2D eigenvalue weighted by Gasteiger charge is -2.13. The molecular weight excluding hydrogens is 226 g/mol. The van der Waals surface area contributed by atoms with Crippen LogP contribution in [0.4, 0.5) is 5.69 Å². The maximum absolute atomic E-state index is 11.8. The van der Waals surface area contributed by atoms with E-state index < -0.39 is 10.8 Å². The fourth-order valence-electron chi connectivity index (χ4n) is 1.41. The molecule has 0 bridgehead atoms. The van der Waals surface area contributed by atoms with Crippen LogP contribution in [-0.4, -0.2) is 33.2 Å². The topological polar surface area (TPSA) is 97.4 Å². The number of hydrogen-bond acceptors (Lipinski definition) is 4. The molecule has 1 aromatic heterocycles. The normalized spacial score (nSPS) is 12.2. The number of aryl methyl sites for hydroxylation is 1. The molecule has 0 fully saturated rings. The number of aliphatic hydroxyl groups excluding tert-OH is 1. The summed E-state index contributed by atoms with van der Waals surface area (Å²) in [4.78, 5) is 21.8. The van der Waals surface area contributed by atoms with E-state index in [0.29, 0.717) is 6.42 Å². The lowest BCUT2D eigenvalue weighted by molar-refractivity contribution is -0.384. The fraction of sp³-hybridized carbons (Fsp3) is 0.500. The van der Waals surface area contributed by atoms with Gasteiger partial charge in [-0.25, -0.2) is 0 Å². The van der Waals surface area contributed by atoms with Crippen molar-refractivity contribution in [3.05, 3.63) is 28.1 Å². The lowest BCUT2D eigenvalue weighted by atomic mass is 10.2. The SMILES string of the molecule is CC[C@H](CO)NC(=O)c1cc([N+](=O)[O-])cn1C. The van der Waals surface area contributed by atoms with E-state index in [9.17, 15) is 14.9 Å². The summed E-state index contributed by atoms with van der Waals surface area (Å²) in [5.74, 6) is -0.429. The summed E-state index contributed by atoms with van der Waals surface area (Å²) in [5, 5.41) is 22.1. The number of nitrogens with zero attached hydrogens (tertiary/aromatic N) is 2. The molecule has 1 amide bonds. The Morgan fingerprint density at radius 1 is 1.71 bits per heavy atom. The fourth-order valence-corrected chi connectivity index (χ4v) is 1.41. The van der Waals surface area contributed by atoms with Crippen LogP contribution in [0.25, 0.3) is 0 Å². The van der Waals surface area contributed by atoms with Gasteiger partial charge < -0.3 is 15.0 Å². The quantitative estimate of drug-likeness (QED) is 0.577. The van der Waals surface area contributed by atoms with Crippen LogP contribution in [0.5, 0.6) is 0 Å². The Hall–Kier alpha value is -1.89. The highest BCUT2D eigenvalue weighted by Crippen LogP contribution is 2.15. The minimum absolute atomic E-state index is 0.130. The van der Waals surface area contributed by atoms with E-state index >= 15 is 0 Å². The van der Waals surface area contributed by atoms with E-state index in [4.69, 9.17) is 5.11 Å². The molecule has 0 saturated carbocycles. The average Bonchev–Trinajstić information content (AvgIpc) is 2.68. The maximum Gasteiger partial charge on any atom is 0.287 e. The highest BCUT2D eigenvalue weighted by molar-refractivity contribution is 5.93. The Morgan fingerprint density at radius 3 is 2.76 bits per heavy atom. The molecule has 7 heteroatoms. The van der Waals surface area contributed by atoms with E-state index in [0.717, 1.165) is 0 Å². The van der Waals surface area contributed by atoms with Crippen molar-refractivity contribution in [2.45, 2.75) is 19.4 Å². The first-order valence-electron chi connectivity index (χ1n) is 5.22. The Kier molecular flexibility index (Phi) is 4.22. The van der Waals surface area contributed by atoms with Gasteiger partial charge in [0.1, 0.15) is 5.69 Å². The standard InChI is InChI=1S/C10H15N3O4/c1-3-7(6-14)11-10(15)9-4-8(13(16)17)5-12(9)2/h4-5,7,14H,3,6H2,1-2H3,(H,11,15)/t7-/m1/s1. The van der Waals surface area contributed by atoms with Crippen LogP contribution in [-0.2, 0) is 7.05 Å². The number of nitrogens with one attached hydrogen (secondary N) is 1. The zero-order chi connectivity index (χ0) is 13.0. The predicted octanol–water partition coefficient (Wildman–Crippen LogP) is 0.434. The van der Waals surface area contributed by atoms with Gasteiger partial charge in [-0.15, -0.1) is 0 Å². The first-order valence-corrected chi connectivity index (χ1v) is 5.22. The number of nitro groups is 1. The largest absolute Gasteiger partial charge is 0.394 e. The monoisotopic (exact) mass is 241 g/mol. The van der Waals surface area contributed by atoms with Gasteiger partial charge in [0.25, 0.3) is 11.6 Å². The van der Waals surface area contributed by atoms with Crippen molar-refractivity contribution in [3.63, 3.8) is 0 Å². The molecule has 1 atom stereocenters. The Bertz CT molecular complexity index is 423. The van der Waals surface area contributed by atoms with Crippen LogP contribution < -0.4 is 5.32 Å². The summed E-state index contributed by atoms with van der Waals surface area (Å²) < 4.78 is 1.39. The van der Waals surface area contributed by atoms with Crippen molar-refractivity contribution in [1.82, 2.24) is 9.88 Å². The minimum atomic E-state index is -0.555. The number of aromatic nitrogens is 1. The summed E-state index contributed by atoms with van der Waals surface area (Å²) in [6, 6.07) is 0.871. The average molecular weight is 241 g/mol. The van der Waals surface area contributed by atoms with E-state index in [1.165, 1.54) is 16.8 Å². The van der Waals surface area contributed by atoms with Gasteiger partial charge in [-0.2, -0.15) is 0 Å². The molecule has 94 valence electrons. The highest BCUT2D eigenvalue weighted by atomic mass is 16.6. The van der Waals surface area contributed by atoms with Gasteiger partial charge in [0.15, 0.2) is 0 Å². The molecule has 0 unspecified atom stereocenters. The summed E-state index contributed by atoms with van der Waals surface area (Å²) in [5.41, 5.74) is 0.0679. The molecule has 17 heavy (non-hydrogen) atoms. The number of carbonyl (C=O) groups is 1. The van der Waals surface area contributed by atoms with Gasteiger partial charge in [0.05, 0.1) is 23.8 Å². The van der Waals surface area contributed by atoms with E-state index in [2.05, 4.69) is 5.32 Å². The van der Waals surface area contributed by atoms with Crippen molar-refractivity contribution >= 4 is 11.6 Å². The first-order chi connectivity index (χ1) is 7.99. The number of aliphatic hydroxyl groups is 1.